The van der Waals surface area contributed by atoms with Crippen molar-refractivity contribution < 1.29 is 47.6 Å². The van der Waals surface area contributed by atoms with Gasteiger partial charge in [-0.3, -0.25) is 19.2 Å². The standard InChI is InChI=1S/C31H36O10/c1-5-36-27(32)25-15-23(40-29(25)34)17-38-21-11-7-19(8-12-21)31(3,4)20-9-13-22(14-10-20)39-18-24-16-26(30(35)41-24)28(33)37-6-2/h7-14,23-26H,5-6,15-18H2,1-4H3. The SMILES string of the molecule is CCOC(=O)C1CC(COc2ccc(C(C)(C)c3ccc(OCC4CC(C(=O)OCC)C(=O)O4)cc3)cc2)OC1=O. The van der Waals surface area contributed by atoms with Crippen LogP contribution in [-0.4, -0.2) is 62.5 Å². The van der Waals surface area contributed by atoms with E-state index < -0.39 is 47.9 Å². The molecule has 4 unspecified atom stereocenters. The zero-order chi connectivity index (χ0) is 29.6. The Hall–Kier alpha value is -4.08. The molecule has 220 valence electrons. The zero-order valence-electron chi connectivity index (χ0n) is 23.8. The summed E-state index contributed by atoms with van der Waals surface area (Å²) in [6, 6.07) is 15.4. The highest BCUT2D eigenvalue weighted by Crippen LogP contribution is 2.34. The average Bonchev–Trinajstić information content (AvgIpc) is 3.53. The van der Waals surface area contributed by atoms with Crippen LogP contribution in [0.3, 0.4) is 0 Å². The van der Waals surface area contributed by atoms with Gasteiger partial charge in [0.15, 0.2) is 11.8 Å². The molecule has 2 aromatic rings. The topological polar surface area (TPSA) is 124 Å². The Morgan fingerprint density at radius 1 is 0.707 bits per heavy atom. The number of hydrogen-bond acceptors (Lipinski definition) is 10. The van der Waals surface area contributed by atoms with E-state index in [1.54, 1.807) is 13.8 Å². The third-order valence-electron chi connectivity index (χ3n) is 7.30. The lowest BCUT2D eigenvalue weighted by Crippen LogP contribution is -2.22. The van der Waals surface area contributed by atoms with E-state index in [1.165, 1.54) is 0 Å². The molecule has 2 aliphatic heterocycles. The zero-order valence-corrected chi connectivity index (χ0v) is 23.8. The third kappa shape index (κ3) is 7.17. The summed E-state index contributed by atoms with van der Waals surface area (Å²) in [5.41, 5.74) is 1.81. The van der Waals surface area contributed by atoms with Gasteiger partial charge in [-0.1, -0.05) is 38.1 Å². The molecule has 0 spiro atoms. The van der Waals surface area contributed by atoms with E-state index in [-0.39, 0.29) is 44.7 Å². The van der Waals surface area contributed by atoms with Gasteiger partial charge >= 0.3 is 23.9 Å². The molecule has 4 rings (SSSR count). The van der Waals surface area contributed by atoms with Crippen LogP contribution in [0.15, 0.2) is 48.5 Å². The first kappa shape index (κ1) is 29.9. The van der Waals surface area contributed by atoms with E-state index >= 15 is 0 Å². The van der Waals surface area contributed by atoms with Gasteiger partial charge in [-0.05, 0) is 49.2 Å². The molecule has 0 aliphatic carbocycles. The second kappa shape index (κ2) is 13.1. The molecule has 0 saturated carbocycles. The van der Waals surface area contributed by atoms with Crippen LogP contribution < -0.4 is 9.47 Å². The summed E-state index contributed by atoms with van der Waals surface area (Å²) in [5.74, 6) is -2.81. The van der Waals surface area contributed by atoms with Crippen LogP contribution in [0, 0.1) is 11.8 Å². The fourth-order valence-corrected chi connectivity index (χ4v) is 4.86. The number of benzene rings is 2. The number of rotatable bonds is 12. The lowest BCUT2D eigenvalue weighted by Gasteiger charge is -2.26. The maximum atomic E-state index is 12.0. The van der Waals surface area contributed by atoms with Crippen molar-refractivity contribution in [2.45, 2.75) is 58.2 Å². The first-order valence-corrected chi connectivity index (χ1v) is 13.8. The molecule has 0 bridgehead atoms. The van der Waals surface area contributed by atoms with Crippen LogP contribution in [0.5, 0.6) is 11.5 Å². The average molecular weight is 569 g/mol. The fourth-order valence-electron chi connectivity index (χ4n) is 4.86. The minimum atomic E-state index is -0.896. The van der Waals surface area contributed by atoms with Gasteiger partial charge in [0.2, 0.25) is 0 Å². The Morgan fingerprint density at radius 3 is 1.41 bits per heavy atom. The molecule has 10 heteroatoms. The Labute approximate surface area is 239 Å². The van der Waals surface area contributed by atoms with Gasteiger partial charge in [-0.15, -0.1) is 0 Å². The van der Waals surface area contributed by atoms with Crippen molar-refractivity contribution in [2.24, 2.45) is 11.8 Å². The summed E-state index contributed by atoms with van der Waals surface area (Å²) in [6.07, 6.45) is -0.535. The van der Waals surface area contributed by atoms with Crippen molar-refractivity contribution in [1.29, 1.82) is 0 Å². The van der Waals surface area contributed by atoms with Crippen molar-refractivity contribution in [3.8, 4) is 11.5 Å². The highest BCUT2D eigenvalue weighted by molar-refractivity contribution is 5.96. The molecule has 2 saturated heterocycles. The molecule has 0 N–H and O–H groups in total. The number of hydrogen-bond donors (Lipinski definition) is 0. The molecule has 10 nitrogen and oxygen atoms in total. The molecule has 2 aromatic carbocycles. The van der Waals surface area contributed by atoms with Crippen LogP contribution in [-0.2, 0) is 43.5 Å². The first-order chi connectivity index (χ1) is 19.6. The van der Waals surface area contributed by atoms with Crippen LogP contribution in [0.4, 0.5) is 0 Å². The number of carbonyl (C=O) groups is 4. The fraction of sp³-hybridized carbons (Fsp3) is 0.484. The highest BCUT2D eigenvalue weighted by Gasteiger charge is 2.42. The highest BCUT2D eigenvalue weighted by atomic mass is 16.6. The van der Waals surface area contributed by atoms with E-state index in [2.05, 4.69) is 13.8 Å². The van der Waals surface area contributed by atoms with Crippen molar-refractivity contribution in [1.82, 2.24) is 0 Å². The van der Waals surface area contributed by atoms with E-state index in [9.17, 15) is 19.2 Å². The maximum Gasteiger partial charge on any atom is 0.320 e. The maximum absolute atomic E-state index is 12.0. The Kier molecular flexibility index (Phi) is 9.52. The molecule has 2 aliphatic rings. The van der Waals surface area contributed by atoms with Crippen molar-refractivity contribution in [3.05, 3.63) is 59.7 Å². The molecular formula is C31H36O10. The summed E-state index contributed by atoms with van der Waals surface area (Å²) < 4.78 is 32.0. The Balaban J connectivity index is 1.28. The molecule has 0 amide bonds. The van der Waals surface area contributed by atoms with E-state index in [1.807, 2.05) is 48.5 Å². The predicted molar refractivity (Wildman–Crippen MR) is 145 cm³/mol. The largest absolute Gasteiger partial charge is 0.490 e. The summed E-state index contributed by atoms with van der Waals surface area (Å²) >= 11 is 0. The van der Waals surface area contributed by atoms with Gasteiger partial charge in [-0.2, -0.15) is 0 Å². The molecular weight excluding hydrogens is 532 g/mol. The Morgan fingerprint density at radius 2 is 1.07 bits per heavy atom. The van der Waals surface area contributed by atoms with Crippen LogP contribution in [0.2, 0.25) is 0 Å². The summed E-state index contributed by atoms with van der Waals surface area (Å²) in [5, 5.41) is 0. The number of ether oxygens (including phenoxy) is 6. The van der Waals surface area contributed by atoms with E-state index in [0.29, 0.717) is 11.5 Å². The second-order valence-corrected chi connectivity index (χ2v) is 10.5. The molecule has 2 heterocycles. The van der Waals surface area contributed by atoms with Crippen LogP contribution in [0.1, 0.15) is 51.7 Å². The van der Waals surface area contributed by atoms with E-state index in [0.717, 1.165) is 11.1 Å². The van der Waals surface area contributed by atoms with Gasteiger partial charge in [-0.25, -0.2) is 0 Å². The van der Waals surface area contributed by atoms with Crippen LogP contribution in [0.25, 0.3) is 0 Å². The molecule has 0 radical (unpaired) electrons. The molecule has 2 fully saturated rings. The summed E-state index contributed by atoms with van der Waals surface area (Å²) in [6.45, 7) is 8.32. The van der Waals surface area contributed by atoms with Crippen LogP contribution >= 0.6 is 0 Å². The lowest BCUT2D eigenvalue weighted by atomic mass is 9.78. The minimum absolute atomic E-state index is 0.148. The quantitative estimate of drug-likeness (QED) is 0.212. The second-order valence-electron chi connectivity index (χ2n) is 10.5. The number of cyclic esters (lactones) is 2. The Bertz CT molecular complexity index is 1140. The normalized spacial score (nSPS) is 22.0. The van der Waals surface area contributed by atoms with Gasteiger partial charge in [0.25, 0.3) is 0 Å². The van der Waals surface area contributed by atoms with E-state index in [4.69, 9.17) is 28.4 Å². The number of esters is 4. The van der Waals surface area contributed by atoms with Crippen molar-refractivity contribution >= 4 is 23.9 Å². The summed E-state index contributed by atoms with van der Waals surface area (Å²) in [7, 11) is 0. The molecule has 41 heavy (non-hydrogen) atoms. The van der Waals surface area contributed by atoms with Gasteiger partial charge < -0.3 is 28.4 Å². The minimum Gasteiger partial charge on any atom is -0.490 e. The smallest absolute Gasteiger partial charge is 0.320 e. The monoisotopic (exact) mass is 568 g/mol. The van der Waals surface area contributed by atoms with Gasteiger partial charge in [0.05, 0.1) is 13.2 Å². The van der Waals surface area contributed by atoms with Gasteiger partial charge in [0.1, 0.15) is 36.9 Å². The van der Waals surface area contributed by atoms with Crippen molar-refractivity contribution in [2.75, 3.05) is 26.4 Å². The van der Waals surface area contributed by atoms with Crippen molar-refractivity contribution in [3.63, 3.8) is 0 Å². The number of carbonyl (C=O) groups excluding carboxylic acids is 4. The molecule has 0 aromatic heterocycles. The third-order valence-corrected chi connectivity index (χ3v) is 7.30. The van der Waals surface area contributed by atoms with Gasteiger partial charge in [0, 0.05) is 18.3 Å². The molecule has 4 atom stereocenters. The lowest BCUT2D eigenvalue weighted by molar-refractivity contribution is -0.158. The first-order valence-electron chi connectivity index (χ1n) is 13.8. The summed E-state index contributed by atoms with van der Waals surface area (Å²) in [4.78, 5) is 47.7. The predicted octanol–water partition coefficient (Wildman–Crippen LogP) is 3.76.